The van der Waals surface area contributed by atoms with Crippen molar-refractivity contribution in [2.45, 2.75) is 18.9 Å². The number of amides is 1. The maximum Gasteiger partial charge on any atom is 0.328 e. The van der Waals surface area contributed by atoms with Crippen molar-refractivity contribution < 1.29 is 19.8 Å². The van der Waals surface area contributed by atoms with Gasteiger partial charge in [0.1, 0.15) is 0 Å². The number of aliphatic hydroxyl groups excluding tert-OH is 1. The van der Waals surface area contributed by atoms with E-state index < -0.39 is 5.97 Å². The van der Waals surface area contributed by atoms with Gasteiger partial charge in [-0.05, 0) is 31.1 Å². The summed E-state index contributed by atoms with van der Waals surface area (Å²) >= 11 is 1.27. The molecule has 1 aliphatic heterocycles. The van der Waals surface area contributed by atoms with Crippen molar-refractivity contribution in [3.8, 4) is 0 Å². The van der Waals surface area contributed by atoms with E-state index in [1.54, 1.807) is 17.0 Å². The van der Waals surface area contributed by atoms with Gasteiger partial charge in [0.25, 0.3) is 5.91 Å². The number of hydrogen-bond acceptors (Lipinski definition) is 4. The van der Waals surface area contributed by atoms with Gasteiger partial charge in [-0.3, -0.25) is 4.79 Å². The summed E-state index contributed by atoms with van der Waals surface area (Å²) in [5.74, 6) is -1.06. The molecule has 0 bridgehead atoms. The minimum Gasteiger partial charge on any atom is -0.478 e. The Bertz CT molecular complexity index is 500. The molecular weight excluding hydrogens is 266 g/mol. The van der Waals surface area contributed by atoms with Gasteiger partial charge in [0.15, 0.2) is 0 Å². The maximum absolute atomic E-state index is 12.2. The molecule has 19 heavy (non-hydrogen) atoms. The van der Waals surface area contributed by atoms with E-state index in [4.69, 9.17) is 5.11 Å². The summed E-state index contributed by atoms with van der Waals surface area (Å²) in [6.45, 7) is 1.14. The lowest BCUT2D eigenvalue weighted by molar-refractivity contribution is -0.131. The number of rotatable bonds is 3. The number of nitrogens with zero attached hydrogens (tertiary/aromatic N) is 1. The van der Waals surface area contributed by atoms with Crippen LogP contribution < -0.4 is 0 Å². The van der Waals surface area contributed by atoms with E-state index in [0.29, 0.717) is 30.8 Å². The van der Waals surface area contributed by atoms with Gasteiger partial charge in [0.2, 0.25) is 0 Å². The number of carboxylic acid groups (broad SMARTS) is 1. The molecule has 1 saturated heterocycles. The summed E-state index contributed by atoms with van der Waals surface area (Å²) in [4.78, 5) is 25.6. The van der Waals surface area contributed by atoms with E-state index in [0.717, 1.165) is 11.0 Å². The van der Waals surface area contributed by atoms with Gasteiger partial charge in [-0.15, -0.1) is 11.3 Å². The van der Waals surface area contributed by atoms with Crippen LogP contribution in [0.4, 0.5) is 0 Å². The Labute approximate surface area is 114 Å². The van der Waals surface area contributed by atoms with E-state index >= 15 is 0 Å². The Kier molecular flexibility index (Phi) is 4.34. The lowest BCUT2D eigenvalue weighted by Crippen LogP contribution is -2.39. The Balaban J connectivity index is 2.02. The number of likely N-dealkylation sites (tertiary alicyclic amines) is 1. The van der Waals surface area contributed by atoms with Crippen molar-refractivity contribution >= 4 is 29.3 Å². The number of carbonyl (C=O) groups is 2. The van der Waals surface area contributed by atoms with Crippen LogP contribution in [0, 0.1) is 0 Å². The predicted octanol–water partition coefficient (Wildman–Crippen LogP) is 1.44. The fourth-order valence-electron chi connectivity index (χ4n) is 1.94. The van der Waals surface area contributed by atoms with Crippen LogP contribution in [0.2, 0.25) is 0 Å². The second-order valence-corrected chi connectivity index (χ2v) is 5.51. The molecule has 102 valence electrons. The Hall–Kier alpha value is -1.66. The third-order valence-electron chi connectivity index (χ3n) is 2.98. The number of piperidine rings is 1. The number of carbonyl (C=O) groups excluding carboxylic acids is 1. The predicted molar refractivity (Wildman–Crippen MR) is 72.1 cm³/mol. The zero-order valence-electron chi connectivity index (χ0n) is 10.3. The van der Waals surface area contributed by atoms with Gasteiger partial charge in [-0.1, -0.05) is 0 Å². The molecule has 0 radical (unpaired) electrons. The lowest BCUT2D eigenvalue weighted by Gasteiger charge is -2.29. The van der Waals surface area contributed by atoms with Gasteiger partial charge in [-0.25, -0.2) is 4.79 Å². The van der Waals surface area contributed by atoms with Gasteiger partial charge in [0, 0.05) is 24.0 Å². The average molecular weight is 281 g/mol. The molecule has 1 aliphatic rings. The molecule has 0 saturated carbocycles. The third-order valence-corrected chi connectivity index (χ3v) is 4.02. The van der Waals surface area contributed by atoms with Crippen LogP contribution in [0.5, 0.6) is 0 Å². The first kappa shape index (κ1) is 13.8. The molecule has 1 fully saturated rings. The van der Waals surface area contributed by atoms with Crippen LogP contribution >= 0.6 is 11.3 Å². The number of hydrogen-bond donors (Lipinski definition) is 2. The van der Waals surface area contributed by atoms with E-state index in [2.05, 4.69) is 0 Å². The van der Waals surface area contributed by atoms with Crippen LogP contribution in [-0.2, 0) is 4.79 Å². The van der Waals surface area contributed by atoms with Gasteiger partial charge < -0.3 is 15.1 Å². The lowest BCUT2D eigenvalue weighted by atomic mass is 10.1. The molecule has 6 heteroatoms. The van der Waals surface area contributed by atoms with E-state index in [1.165, 1.54) is 17.4 Å². The summed E-state index contributed by atoms with van der Waals surface area (Å²) in [7, 11) is 0. The first-order valence-corrected chi connectivity index (χ1v) is 6.86. The molecule has 2 heterocycles. The van der Waals surface area contributed by atoms with E-state index in [1.807, 2.05) is 0 Å². The molecule has 2 rings (SSSR count). The molecule has 0 atom stereocenters. The smallest absolute Gasteiger partial charge is 0.328 e. The maximum atomic E-state index is 12.2. The molecule has 0 unspecified atom stereocenters. The SMILES string of the molecule is O=C(O)/C=C/c1ccc(C(=O)N2CCC(O)CC2)s1. The third kappa shape index (κ3) is 3.65. The molecule has 0 aromatic carbocycles. The second kappa shape index (κ2) is 5.99. The molecule has 1 amide bonds. The summed E-state index contributed by atoms with van der Waals surface area (Å²) in [6.07, 6.45) is 3.45. The topological polar surface area (TPSA) is 77.8 Å². The van der Waals surface area contributed by atoms with Crippen molar-refractivity contribution in [3.05, 3.63) is 28.0 Å². The summed E-state index contributed by atoms with van der Waals surface area (Å²) in [5, 5.41) is 17.9. The summed E-state index contributed by atoms with van der Waals surface area (Å²) < 4.78 is 0. The highest BCUT2D eigenvalue weighted by Gasteiger charge is 2.23. The zero-order chi connectivity index (χ0) is 13.8. The van der Waals surface area contributed by atoms with Crippen LogP contribution in [0.25, 0.3) is 6.08 Å². The number of thiophene rings is 1. The van der Waals surface area contributed by atoms with Crippen LogP contribution in [0.15, 0.2) is 18.2 Å². The van der Waals surface area contributed by atoms with Crippen molar-refractivity contribution in [2.75, 3.05) is 13.1 Å². The average Bonchev–Trinajstić information content (AvgIpc) is 2.85. The number of aliphatic carboxylic acids is 1. The largest absolute Gasteiger partial charge is 0.478 e. The number of carboxylic acids is 1. The first-order valence-electron chi connectivity index (χ1n) is 6.04. The van der Waals surface area contributed by atoms with Crippen LogP contribution in [-0.4, -0.2) is 46.2 Å². The Morgan fingerprint density at radius 1 is 1.32 bits per heavy atom. The standard InChI is InChI=1S/C13H15NO4S/c15-9-5-7-14(8-6-9)13(18)11-3-1-10(19-11)2-4-12(16)17/h1-4,9,15H,5-8H2,(H,16,17)/b4-2+. The molecular formula is C13H15NO4S. The molecule has 1 aromatic heterocycles. The van der Waals surface area contributed by atoms with Crippen molar-refractivity contribution in [2.24, 2.45) is 0 Å². The minimum atomic E-state index is -1.01. The fourth-order valence-corrected chi connectivity index (χ4v) is 2.81. The summed E-state index contributed by atoms with van der Waals surface area (Å²) in [5.41, 5.74) is 0. The minimum absolute atomic E-state index is 0.0492. The first-order chi connectivity index (χ1) is 9.06. The Morgan fingerprint density at radius 2 is 2.00 bits per heavy atom. The molecule has 0 spiro atoms. The second-order valence-electron chi connectivity index (χ2n) is 4.40. The van der Waals surface area contributed by atoms with Gasteiger partial charge >= 0.3 is 5.97 Å². The van der Waals surface area contributed by atoms with Gasteiger partial charge in [-0.2, -0.15) is 0 Å². The van der Waals surface area contributed by atoms with E-state index in [-0.39, 0.29) is 12.0 Å². The van der Waals surface area contributed by atoms with E-state index in [9.17, 15) is 14.7 Å². The van der Waals surface area contributed by atoms with Crippen LogP contribution in [0.1, 0.15) is 27.4 Å². The monoisotopic (exact) mass is 281 g/mol. The molecule has 5 nitrogen and oxygen atoms in total. The molecule has 2 N–H and O–H groups in total. The van der Waals surface area contributed by atoms with Crippen LogP contribution in [0.3, 0.4) is 0 Å². The summed E-state index contributed by atoms with van der Waals surface area (Å²) in [6, 6.07) is 3.44. The van der Waals surface area contributed by atoms with Crippen molar-refractivity contribution in [3.63, 3.8) is 0 Å². The normalized spacial score (nSPS) is 17.0. The van der Waals surface area contributed by atoms with Gasteiger partial charge in [0.05, 0.1) is 11.0 Å². The van der Waals surface area contributed by atoms with Crippen molar-refractivity contribution in [1.29, 1.82) is 0 Å². The quantitative estimate of drug-likeness (QED) is 0.822. The highest BCUT2D eigenvalue weighted by Crippen LogP contribution is 2.21. The highest BCUT2D eigenvalue weighted by atomic mass is 32.1. The zero-order valence-corrected chi connectivity index (χ0v) is 11.1. The molecule has 1 aromatic rings. The molecule has 0 aliphatic carbocycles. The fraction of sp³-hybridized carbons (Fsp3) is 0.385. The Morgan fingerprint density at radius 3 is 2.63 bits per heavy atom. The highest BCUT2D eigenvalue weighted by molar-refractivity contribution is 7.14. The van der Waals surface area contributed by atoms with Crippen molar-refractivity contribution in [1.82, 2.24) is 4.90 Å². The number of aliphatic hydroxyl groups is 1.